The van der Waals surface area contributed by atoms with Crippen LogP contribution in [0.5, 0.6) is 11.5 Å². The Morgan fingerprint density at radius 3 is 2.52 bits per heavy atom. The largest absolute Gasteiger partial charge is 0.497 e. The molecule has 6 heteroatoms. The maximum atomic E-state index is 5.48. The third kappa shape index (κ3) is 3.97. The van der Waals surface area contributed by atoms with Gasteiger partial charge in [0.05, 0.1) is 20.3 Å². The number of H-pyrrole nitrogens is 1. The molecule has 0 fully saturated rings. The predicted molar refractivity (Wildman–Crippen MR) is 95.8 cm³/mol. The van der Waals surface area contributed by atoms with Gasteiger partial charge in [0.25, 0.3) is 0 Å². The van der Waals surface area contributed by atoms with Gasteiger partial charge >= 0.3 is 0 Å². The van der Waals surface area contributed by atoms with E-state index >= 15 is 0 Å². The van der Waals surface area contributed by atoms with E-state index in [2.05, 4.69) is 32.6 Å². The monoisotopic (exact) mass is 338 g/mol. The lowest BCUT2D eigenvalue weighted by Gasteiger charge is -2.18. The molecule has 0 aliphatic heterocycles. The minimum absolute atomic E-state index is 0.113. The van der Waals surface area contributed by atoms with E-state index in [1.807, 2.05) is 43.3 Å². The lowest BCUT2D eigenvalue weighted by atomic mass is 10.1. The second-order valence-electron chi connectivity index (χ2n) is 5.68. The summed E-state index contributed by atoms with van der Waals surface area (Å²) in [4.78, 5) is 4.49. The van der Waals surface area contributed by atoms with Gasteiger partial charge in [-0.2, -0.15) is 5.10 Å². The highest BCUT2D eigenvalue weighted by molar-refractivity contribution is 5.41. The van der Waals surface area contributed by atoms with Crippen molar-refractivity contribution in [2.45, 2.75) is 19.5 Å². The zero-order valence-electron chi connectivity index (χ0n) is 14.6. The zero-order valence-corrected chi connectivity index (χ0v) is 14.6. The Hall–Kier alpha value is -2.86. The highest BCUT2D eigenvalue weighted by Gasteiger charge is 2.18. The number of aromatic amines is 1. The molecule has 130 valence electrons. The standard InChI is InChI=1S/C19H22N4O2/c1-13-21-19(23-22-13)18(14-7-5-4-6-8-14)20-12-15-9-10-16(24-2)11-17(15)25-3/h4-11,18,20H,12H2,1-3H3,(H,21,22,23)/t18-/m1/s1. The molecule has 0 saturated carbocycles. The van der Waals surface area contributed by atoms with Crippen molar-refractivity contribution in [1.29, 1.82) is 0 Å². The van der Waals surface area contributed by atoms with Crippen LogP contribution in [0.2, 0.25) is 0 Å². The normalized spacial score (nSPS) is 12.0. The number of hydrogen-bond donors (Lipinski definition) is 2. The average molecular weight is 338 g/mol. The van der Waals surface area contributed by atoms with Crippen molar-refractivity contribution in [3.05, 3.63) is 71.3 Å². The first-order valence-corrected chi connectivity index (χ1v) is 8.09. The van der Waals surface area contributed by atoms with Crippen molar-refractivity contribution >= 4 is 0 Å². The smallest absolute Gasteiger partial charge is 0.172 e. The van der Waals surface area contributed by atoms with E-state index in [1.165, 1.54) is 0 Å². The summed E-state index contributed by atoms with van der Waals surface area (Å²) in [5, 5.41) is 10.8. The molecule has 6 nitrogen and oxygen atoms in total. The molecule has 0 amide bonds. The summed E-state index contributed by atoms with van der Waals surface area (Å²) in [6.07, 6.45) is 0. The van der Waals surface area contributed by atoms with E-state index in [-0.39, 0.29) is 6.04 Å². The molecule has 0 unspecified atom stereocenters. The van der Waals surface area contributed by atoms with Crippen LogP contribution in [0.25, 0.3) is 0 Å². The molecule has 2 aromatic carbocycles. The van der Waals surface area contributed by atoms with E-state index < -0.39 is 0 Å². The summed E-state index contributed by atoms with van der Waals surface area (Å²) in [5.74, 6) is 3.06. The third-order valence-electron chi connectivity index (χ3n) is 4.00. The van der Waals surface area contributed by atoms with Gasteiger partial charge in [0.15, 0.2) is 5.82 Å². The van der Waals surface area contributed by atoms with Crippen LogP contribution in [0.3, 0.4) is 0 Å². The summed E-state index contributed by atoms with van der Waals surface area (Å²) in [6, 6.07) is 15.8. The molecule has 25 heavy (non-hydrogen) atoms. The van der Waals surface area contributed by atoms with Crippen LogP contribution in [0, 0.1) is 6.92 Å². The molecule has 0 aliphatic rings. The number of methoxy groups -OCH3 is 2. The fraction of sp³-hybridized carbons (Fsp3) is 0.263. The van der Waals surface area contributed by atoms with Crippen LogP contribution in [0.4, 0.5) is 0 Å². The van der Waals surface area contributed by atoms with Crippen molar-refractivity contribution in [2.24, 2.45) is 0 Å². The number of aryl methyl sites for hydroxylation is 1. The topological polar surface area (TPSA) is 72.1 Å². The second kappa shape index (κ2) is 7.81. The summed E-state index contributed by atoms with van der Waals surface area (Å²) < 4.78 is 10.7. The number of benzene rings is 2. The number of hydrogen-bond acceptors (Lipinski definition) is 5. The fourth-order valence-electron chi connectivity index (χ4n) is 2.70. The molecule has 0 spiro atoms. The Bertz CT molecular complexity index is 817. The minimum atomic E-state index is -0.113. The molecular formula is C19H22N4O2. The molecule has 0 bridgehead atoms. The molecular weight excluding hydrogens is 316 g/mol. The van der Waals surface area contributed by atoms with Gasteiger partial charge in [-0.1, -0.05) is 36.4 Å². The van der Waals surface area contributed by atoms with Gasteiger partial charge in [-0.25, -0.2) is 4.98 Å². The first-order valence-electron chi connectivity index (χ1n) is 8.09. The number of nitrogens with one attached hydrogen (secondary N) is 2. The second-order valence-corrected chi connectivity index (χ2v) is 5.68. The fourth-order valence-corrected chi connectivity index (χ4v) is 2.70. The van der Waals surface area contributed by atoms with E-state index in [0.717, 1.165) is 34.3 Å². The van der Waals surface area contributed by atoms with Crippen LogP contribution in [-0.4, -0.2) is 29.4 Å². The number of rotatable bonds is 7. The zero-order chi connectivity index (χ0) is 17.6. The number of ether oxygens (including phenoxy) is 2. The van der Waals surface area contributed by atoms with Crippen LogP contribution in [0.1, 0.15) is 28.8 Å². The molecule has 0 radical (unpaired) electrons. The molecule has 1 heterocycles. The molecule has 3 aromatic rings. The first-order chi connectivity index (χ1) is 12.2. The van der Waals surface area contributed by atoms with Crippen LogP contribution in [-0.2, 0) is 6.54 Å². The van der Waals surface area contributed by atoms with E-state index in [4.69, 9.17) is 9.47 Å². The SMILES string of the molecule is COc1ccc(CN[C@H](c2ccccc2)c2n[nH]c(C)n2)c(OC)c1. The maximum absolute atomic E-state index is 5.48. The van der Waals surface area contributed by atoms with Crippen LogP contribution < -0.4 is 14.8 Å². The van der Waals surface area contributed by atoms with Crippen LogP contribution in [0.15, 0.2) is 48.5 Å². The molecule has 1 atom stereocenters. The number of nitrogens with zero attached hydrogens (tertiary/aromatic N) is 2. The van der Waals surface area contributed by atoms with Crippen molar-refractivity contribution < 1.29 is 9.47 Å². The van der Waals surface area contributed by atoms with Gasteiger partial charge in [-0.15, -0.1) is 0 Å². The van der Waals surface area contributed by atoms with Crippen molar-refractivity contribution in [2.75, 3.05) is 14.2 Å². The summed E-state index contributed by atoms with van der Waals surface area (Å²) in [5.41, 5.74) is 2.14. The minimum Gasteiger partial charge on any atom is -0.497 e. The lowest BCUT2D eigenvalue weighted by molar-refractivity contribution is 0.389. The highest BCUT2D eigenvalue weighted by atomic mass is 16.5. The summed E-state index contributed by atoms with van der Waals surface area (Å²) >= 11 is 0. The van der Waals surface area contributed by atoms with E-state index in [9.17, 15) is 0 Å². The average Bonchev–Trinajstić information content (AvgIpc) is 3.09. The Morgan fingerprint density at radius 2 is 1.88 bits per heavy atom. The Morgan fingerprint density at radius 1 is 1.08 bits per heavy atom. The van der Waals surface area contributed by atoms with Gasteiger partial charge in [0.2, 0.25) is 0 Å². The quantitative estimate of drug-likeness (QED) is 0.693. The first kappa shape index (κ1) is 17.0. The highest BCUT2D eigenvalue weighted by Crippen LogP contribution is 2.26. The van der Waals surface area contributed by atoms with Crippen LogP contribution >= 0.6 is 0 Å². The van der Waals surface area contributed by atoms with Crippen molar-refractivity contribution in [3.8, 4) is 11.5 Å². The Kier molecular flexibility index (Phi) is 5.30. The van der Waals surface area contributed by atoms with E-state index in [0.29, 0.717) is 6.54 Å². The summed E-state index contributed by atoms with van der Waals surface area (Å²) in [7, 11) is 3.30. The lowest BCUT2D eigenvalue weighted by Crippen LogP contribution is -2.23. The van der Waals surface area contributed by atoms with Gasteiger partial charge in [-0.05, 0) is 18.6 Å². The molecule has 0 saturated heterocycles. The van der Waals surface area contributed by atoms with Crippen molar-refractivity contribution in [3.63, 3.8) is 0 Å². The molecule has 3 rings (SSSR count). The maximum Gasteiger partial charge on any atom is 0.172 e. The molecule has 1 aromatic heterocycles. The third-order valence-corrected chi connectivity index (χ3v) is 4.00. The van der Waals surface area contributed by atoms with Crippen molar-refractivity contribution in [1.82, 2.24) is 20.5 Å². The Labute approximate surface area is 147 Å². The molecule has 2 N–H and O–H groups in total. The van der Waals surface area contributed by atoms with Gasteiger partial charge in [0.1, 0.15) is 17.3 Å². The summed E-state index contributed by atoms with van der Waals surface area (Å²) in [6.45, 7) is 2.51. The van der Waals surface area contributed by atoms with Gasteiger partial charge < -0.3 is 9.47 Å². The van der Waals surface area contributed by atoms with E-state index in [1.54, 1.807) is 14.2 Å². The molecule has 0 aliphatic carbocycles. The van der Waals surface area contributed by atoms with Gasteiger partial charge in [-0.3, -0.25) is 10.4 Å². The predicted octanol–water partition coefficient (Wildman–Crippen LogP) is 3.01. The Balaban J connectivity index is 1.84. The number of aromatic nitrogens is 3. The van der Waals surface area contributed by atoms with Gasteiger partial charge in [0, 0.05) is 18.2 Å².